The van der Waals surface area contributed by atoms with Crippen molar-refractivity contribution in [3.8, 4) is 0 Å². The number of hydrogen-bond acceptors (Lipinski definition) is 7. The molecule has 7 heteroatoms. The van der Waals surface area contributed by atoms with Gasteiger partial charge in [-0.05, 0) is 25.0 Å². The third-order valence-corrected chi connectivity index (χ3v) is 4.77. The van der Waals surface area contributed by atoms with Crippen molar-refractivity contribution in [1.82, 2.24) is 5.48 Å². The fraction of sp³-hybridized carbons (Fsp3) is 0.476. The van der Waals surface area contributed by atoms with Gasteiger partial charge in [0.15, 0.2) is 5.76 Å². The number of rotatable bonds is 9. The largest absolute Gasteiger partial charge is 0.465 e. The number of unbranched alkanes of at least 4 members (excludes halogenated alkanes) is 1. The van der Waals surface area contributed by atoms with Crippen molar-refractivity contribution in [1.29, 1.82) is 0 Å². The van der Waals surface area contributed by atoms with Gasteiger partial charge >= 0.3 is 5.97 Å². The average molecular weight is 389 g/mol. The summed E-state index contributed by atoms with van der Waals surface area (Å²) in [6.07, 6.45) is 2.78. The zero-order valence-electron chi connectivity index (χ0n) is 16.4. The maximum absolute atomic E-state index is 11.6. The number of hydrogen-bond donors (Lipinski definition) is 1. The number of carbonyl (C=O) groups is 1. The van der Waals surface area contributed by atoms with Crippen LogP contribution in [0, 0.1) is 5.92 Å². The van der Waals surface area contributed by atoms with Crippen LogP contribution in [0.2, 0.25) is 0 Å². The van der Waals surface area contributed by atoms with Gasteiger partial charge in [0.05, 0.1) is 32.6 Å². The number of methoxy groups -OCH3 is 1. The Hall–Kier alpha value is -2.35. The van der Waals surface area contributed by atoms with Gasteiger partial charge in [0, 0.05) is 18.2 Å². The molecule has 0 unspecified atom stereocenters. The summed E-state index contributed by atoms with van der Waals surface area (Å²) in [7, 11) is 1.32. The van der Waals surface area contributed by atoms with Gasteiger partial charge in [-0.25, -0.2) is 4.79 Å². The molecule has 152 valence electrons. The van der Waals surface area contributed by atoms with E-state index in [-0.39, 0.29) is 5.92 Å². The Kier molecular flexibility index (Phi) is 6.72. The standard InChI is InChI=1S/C21H27NO6/c1-15(19-12-17-9-4-5-10-18(17)28-19)22-27-11-7-6-8-16-13-25-21(2,26-14-16)20(23)24-3/h4-5,9-10,12,16,22H,1,6-8,11,13-14H2,2-3H3. The predicted octanol–water partition coefficient (Wildman–Crippen LogP) is 3.65. The van der Waals surface area contributed by atoms with E-state index < -0.39 is 11.8 Å². The van der Waals surface area contributed by atoms with Crippen LogP contribution in [-0.2, 0) is 23.8 Å². The summed E-state index contributed by atoms with van der Waals surface area (Å²) in [5, 5.41) is 1.03. The molecule has 0 amide bonds. The highest BCUT2D eigenvalue weighted by Crippen LogP contribution is 2.25. The molecule has 2 heterocycles. The number of nitrogens with one attached hydrogen (secondary N) is 1. The molecule has 0 saturated carbocycles. The molecule has 1 aromatic heterocycles. The Morgan fingerprint density at radius 3 is 2.75 bits per heavy atom. The van der Waals surface area contributed by atoms with Gasteiger partial charge < -0.3 is 18.6 Å². The van der Waals surface area contributed by atoms with Crippen LogP contribution in [0.25, 0.3) is 16.7 Å². The van der Waals surface area contributed by atoms with Crippen molar-refractivity contribution in [2.45, 2.75) is 32.0 Å². The molecule has 1 fully saturated rings. The summed E-state index contributed by atoms with van der Waals surface area (Å²) >= 11 is 0. The number of furan rings is 1. The molecule has 0 aliphatic carbocycles. The van der Waals surface area contributed by atoms with Crippen LogP contribution in [0.15, 0.2) is 41.3 Å². The summed E-state index contributed by atoms with van der Waals surface area (Å²) in [6, 6.07) is 9.73. The Morgan fingerprint density at radius 2 is 2.04 bits per heavy atom. The highest BCUT2D eigenvalue weighted by atomic mass is 16.7. The lowest BCUT2D eigenvalue weighted by Gasteiger charge is -2.35. The molecule has 0 bridgehead atoms. The minimum Gasteiger partial charge on any atom is -0.465 e. The van der Waals surface area contributed by atoms with Gasteiger partial charge in [-0.2, -0.15) is 0 Å². The maximum Gasteiger partial charge on any atom is 0.366 e. The molecule has 0 spiro atoms. The lowest BCUT2D eigenvalue weighted by Crippen LogP contribution is -2.48. The van der Waals surface area contributed by atoms with Crippen LogP contribution in [0.4, 0.5) is 0 Å². The zero-order valence-corrected chi connectivity index (χ0v) is 16.4. The maximum atomic E-state index is 11.6. The molecule has 1 N–H and O–H groups in total. The smallest absolute Gasteiger partial charge is 0.366 e. The van der Waals surface area contributed by atoms with Crippen LogP contribution < -0.4 is 5.48 Å². The molecular weight excluding hydrogens is 362 g/mol. The van der Waals surface area contributed by atoms with Gasteiger partial charge in [-0.3, -0.25) is 10.3 Å². The molecular formula is C21H27NO6. The van der Waals surface area contributed by atoms with Crippen molar-refractivity contribution < 1.29 is 28.3 Å². The number of ether oxygens (including phenoxy) is 3. The van der Waals surface area contributed by atoms with E-state index in [1.807, 2.05) is 30.3 Å². The van der Waals surface area contributed by atoms with Gasteiger partial charge in [0.25, 0.3) is 5.79 Å². The van der Waals surface area contributed by atoms with Gasteiger partial charge in [-0.1, -0.05) is 31.2 Å². The monoisotopic (exact) mass is 389 g/mol. The Balaban J connectivity index is 1.29. The van der Waals surface area contributed by atoms with E-state index in [0.717, 1.165) is 30.2 Å². The number of benzene rings is 1. The molecule has 28 heavy (non-hydrogen) atoms. The number of para-hydroxylation sites is 1. The predicted molar refractivity (Wildman–Crippen MR) is 104 cm³/mol. The topological polar surface area (TPSA) is 79.2 Å². The molecule has 7 nitrogen and oxygen atoms in total. The summed E-state index contributed by atoms with van der Waals surface area (Å²) in [5.74, 6) is -0.868. The summed E-state index contributed by atoms with van der Waals surface area (Å²) in [6.45, 7) is 7.04. The van der Waals surface area contributed by atoms with Gasteiger partial charge in [-0.15, -0.1) is 0 Å². The van der Waals surface area contributed by atoms with E-state index in [4.69, 9.17) is 23.5 Å². The van der Waals surface area contributed by atoms with Crippen LogP contribution >= 0.6 is 0 Å². The number of fused-ring (bicyclic) bond motifs is 1. The first-order valence-electron chi connectivity index (χ1n) is 9.44. The van der Waals surface area contributed by atoms with Crippen molar-refractivity contribution in [2.75, 3.05) is 26.9 Å². The minimum absolute atomic E-state index is 0.260. The van der Waals surface area contributed by atoms with Crippen molar-refractivity contribution >= 4 is 22.6 Å². The Bertz CT molecular complexity index is 773. The molecule has 2 aromatic rings. The van der Waals surface area contributed by atoms with Gasteiger partial charge in [0.2, 0.25) is 0 Å². The second kappa shape index (κ2) is 9.23. The van der Waals surface area contributed by atoms with Crippen LogP contribution in [-0.4, -0.2) is 38.7 Å². The van der Waals surface area contributed by atoms with E-state index in [0.29, 0.717) is 31.3 Å². The van der Waals surface area contributed by atoms with Crippen molar-refractivity contribution in [2.24, 2.45) is 5.92 Å². The Morgan fingerprint density at radius 1 is 1.29 bits per heavy atom. The second-order valence-corrected chi connectivity index (χ2v) is 7.00. The van der Waals surface area contributed by atoms with E-state index >= 15 is 0 Å². The number of hydroxylamine groups is 1. The first kappa shape index (κ1) is 20.4. The van der Waals surface area contributed by atoms with Crippen molar-refractivity contribution in [3.63, 3.8) is 0 Å². The van der Waals surface area contributed by atoms with E-state index in [1.54, 1.807) is 6.92 Å². The highest BCUT2D eigenvalue weighted by Gasteiger charge is 2.41. The SMILES string of the molecule is C=C(NOCCCCC1COC(C)(C(=O)OC)OC1)c1cc2ccccc2o1. The van der Waals surface area contributed by atoms with E-state index in [9.17, 15) is 4.79 Å². The molecule has 1 aliphatic rings. The van der Waals surface area contributed by atoms with Crippen LogP contribution in [0.3, 0.4) is 0 Å². The fourth-order valence-corrected chi connectivity index (χ4v) is 3.04. The third-order valence-electron chi connectivity index (χ3n) is 4.77. The van der Waals surface area contributed by atoms with Crippen LogP contribution in [0.5, 0.6) is 0 Å². The van der Waals surface area contributed by atoms with Crippen LogP contribution in [0.1, 0.15) is 31.9 Å². The highest BCUT2D eigenvalue weighted by molar-refractivity contribution is 5.81. The zero-order chi connectivity index (χ0) is 20.0. The summed E-state index contributed by atoms with van der Waals surface area (Å²) in [5.41, 5.74) is 4.25. The Labute approximate surface area is 164 Å². The quantitative estimate of drug-likeness (QED) is 0.398. The molecule has 0 radical (unpaired) electrons. The molecule has 0 atom stereocenters. The summed E-state index contributed by atoms with van der Waals surface area (Å²) < 4.78 is 21.5. The van der Waals surface area contributed by atoms with Crippen molar-refractivity contribution in [3.05, 3.63) is 42.7 Å². The average Bonchev–Trinajstić information content (AvgIpc) is 3.15. The van der Waals surface area contributed by atoms with E-state index in [1.165, 1.54) is 7.11 Å². The lowest BCUT2D eigenvalue weighted by molar-refractivity contribution is -0.272. The minimum atomic E-state index is -1.28. The fourth-order valence-electron chi connectivity index (χ4n) is 3.04. The third kappa shape index (κ3) is 4.92. The molecule has 3 rings (SSSR count). The van der Waals surface area contributed by atoms with E-state index in [2.05, 4.69) is 12.1 Å². The number of esters is 1. The first-order valence-corrected chi connectivity index (χ1v) is 9.44. The second-order valence-electron chi connectivity index (χ2n) is 7.00. The lowest BCUT2D eigenvalue weighted by atomic mass is 10.0. The summed E-state index contributed by atoms with van der Waals surface area (Å²) in [4.78, 5) is 17.1. The molecule has 1 saturated heterocycles. The molecule has 1 aromatic carbocycles. The molecule has 1 aliphatic heterocycles. The van der Waals surface area contributed by atoms with Gasteiger partial charge in [0.1, 0.15) is 5.58 Å². The first-order chi connectivity index (χ1) is 13.5. The normalized spacial score (nSPS) is 22.1. The number of carbonyl (C=O) groups excluding carboxylic acids is 1.